The number of hydrogen-bond donors (Lipinski definition) is 0. The first kappa shape index (κ1) is 21.2. The van der Waals surface area contributed by atoms with Crippen LogP contribution in [0, 0.1) is 6.92 Å². The predicted octanol–water partition coefficient (Wildman–Crippen LogP) is 3.40. The van der Waals surface area contributed by atoms with Crippen molar-refractivity contribution in [3.05, 3.63) is 65.5 Å². The maximum Gasteiger partial charge on any atom is 0.337 e. The smallest absolute Gasteiger partial charge is 0.337 e. The van der Waals surface area contributed by atoms with Gasteiger partial charge in [0.15, 0.2) is 0 Å². The van der Waals surface area contributed by atoms with Crippen molar-refractivity contribution in [2.24, 2.45) is 0 Å². The van der Waals surface area contributed by atoms with Gasteiger partial charge in [0, 0.05) is 24.6 Å². The summed E-state index contributed by atoms with van der Waals surface area (Å²) in [5.41, 5.74) is 2.29. The van der Waals surface area contributed by atoms with E-state index < -0.39 is 16.0 Å². The fraction of sp³-hybridized carbons (Fsp3) is 0.318. The third kappa shape index (κ3) is 4.24. The zero-order valence-corrected chi connectivity index (χ0v) is 18.1. The molecule has 1 aliphatic rings. The molecule has 1 saturated heterocycles. The van der Waals surface area contributed by atoms with E-state index in [4.69, 9.17) is 4.52 Å². The first-order valence-electron chi connectivity index (χ1n) is 9.98. The van der Waals surface area contributed by atoms with Gasteiger partial charge in [-0.05, 0) is 49.6 Å². The van der Waals surface area contributed by atoms with Gasteiger partial charge < -0.3 is 9.26 Å². The molecule has 162 valence electrons. The highest BCUT2D eigenvalue weighted by molar-refractivity contribution is 7.89. The lowest BCUT2D eigenvalue weighted by molar-refractivity contribution is 0.0600. The van der Waals surface area contributed by atoms with E-state index in [0.29, 0.717) is 43.2 Å². The van der Waals surface area contributed by atoms with E-state index in [9.17, 15) is 13.2 Å². The Hall–Kier alpha value is -3.04. The van der Waals surface area contributed by atoms with E-state index in [1.54, 1.807) is 0 Å². The quantitative estimate of drug-likeness (QED) is 0.559. The number of ether oxygens (including phenoxy) is 1. The SMILES string of the molecule is COC(=O)c1ccc(S(=O)(=O)N2CCC(c3nc(-c4ccccc4C)no3)CC2)cc1. The Labute approximate surface area is 180 Å². The fourth-order valence-corrected chi connectivity index (χ4v) is 5.18. The number of methoxy groups -OCH3 is 1. The Kier molecular flexibility index (Phi) is 5.88. The Morgan fingerprint density at radius 2 is 1.77 bits per heavy atom. The summed E-state index contributed by atoms with van der Waals surface area (Å²) in [6.45, 7) is 2.70. The average molecular weight is 442 g/mol. The maximum absolute atomic E-state index is 13.0. The lowest BCUT2D eigenvalue weighted by Crippen LogP contribution is -2.38. The maximum atomic E-state index is 13.0. The number of aromatic nitrogens is 2. The molecule has 0 atom stereocenters. The van der Waals surface area contributed by atoms with Crippen LogP contribution in [0.25, 0.3) is 11.4 Å². The molecule has 0 aliphatic carbocycles. The highest BCUT2D eigenvalue weighted by atomic mass is 32.2. The van der Waals surface area contributed by atoms with Crippen molar-refractivity contribution in [3.63, 3.8) is 0 Å². The number of carbonyl (C=O) groups is 1. The van der Waals surface area contributed by atoms with Crippen molar-refractivity contribution in [2.45, 2.75) is 30.6 Å². The Balaban J connectivity index is 1.44. The molecule has 1 aromatic heterocycles. The summed E-state index contributed by atoms with van der Waals surface area (Å²) in [5, 5.41) is 4.11. The summed E-state index contributed by atoms with van der Waals surface area (Å²) in [6, 6.07) is 13.6. The van der Waals surface area contributed by atoms with Gasteiger partial charge in [0.1, 0.15) is 0 Å². The highest BCUT2D eigenvalue weighted by Gasteiger charge is 2.32. The third-order valence-electron chi connectivity index (χ3n) is 5.54. The van der Waals surface area contributed by atoms with Gasteiger partial charge in [0.25, 0.3) is 0 Å². The van der Waals surface area contributed by atoms with E-state index in [1.807, 2.05) is 31.2 Å². The molecule has 0 N–H and O–H groups in total. The van der Waals surface area contributed by atoms with Gasteiger partial charge in [-0.1, -0.05) is 29.4 Å². The largest absolute Gasteiger partial charge is 0.465 e. The van der Waals surface area contributed by atoms with Crippen LogP contribution in [0.5, 0.6) is 0 Å². The Morgan fingerprint density at radius 3 is 2.42 bits per heavy atom. The van der Waals surface area contributed by atoms with Crippen LogP contribution in [0.15, 0.2) is 57.9 Å². The molecule has 0 bridgehead atoms. The average Bonchev–Trinajstić information content (AvgIpc) is 3.29. The second-order valence-corrected chi connectivity index (χ2v) is 9.40. The molecule has 9 heteroatoms. The van der Waals surface area contributed by atoms with Crippen LogP contribution in [0.3, 0.4) is 0 Å². The second kappa shape index (κ2) is 8.60. The van der Waals surface area contributed by atoms with Gasteiger partial charge >= 0.3 is 5.97 Å². The van der Waals surface area contributed by atoms with E-state index in [0.717, 1.165) is 11.1 Å². The van der Waals surface area contributed by atoms with Gasteiger partial charge in [0.2, 0.25) is 21.7 Å². The summed E-state index contributed by atoms with van der Waals surface area (Å²) in [7, 11) is -2.36. The van der Waals surface area contributed by atoms with Crippen LogP contribution in [-0.4, -0.2) is 49.0 Å². The van der Waals surface area contributed by atoms with Crippen LogP contribution in [0.1, 0.15) is 40.6 Å². The summed E-state index contributed by atoms with van der Waals surface area (Å²) >= 11 is 0. The van der Waals surface area contributed by atoms with Crippen molar-refractivity contribution < 1.29 is 22.5 Å². The van der Waals surface area contributed by atoms with E-state index >= 15 is 0 Å². The van der Waals surface area contributed by atoms with E-state index in [-0.39, 0.29) is 10.8 Å². The summed E-state index contributed by atoms with van der Waals surface area (Å²) in [5.74, 6) is 0.597. The lowest BCUT2D eigenvalue weighted by atomic mass is 9.98. The van der Waals surface area contributed by atoms with Gasteiger partial charge in [-0.15, -0.1) is 0 Å². The minimum atomic E-state index is -3.65. The zero-order valence-electron chi connectivity index (χ0n) is 17.3. The molecule has 2 aromatic carbocycles. The Bertz CT molecular complexity index is 1180. The van der Waals surface area contributed by atoms with Gasteiger partial charge in [0.05, 0.1) is 17.6 Å². The monoisotopic (exact) mass is 441 g/mol. The first-order valence-corrected chi connectivity index (χ1v) is 11.4. The van der Waals surface area contributed by atoms with Crippen LogP contribution >= 0.6 is 0 Å². The second-order valence-electron chi connectivity index (χ2n) is 7.47. The number of hydrogen-bond acceptors (Lipinski definition) is 7. The number of rotatable bonds is 5. The van der Waals surface area contributed by atoms with Gasteiger partial charge in [-0.25, -0.2) is 13.2 Å². The van der Waals surface area contributed by atoms with Crippen molar-refractivity contribution in [1.29, 1.82) is 0 Å². The molecule has 0 radical (unpaired) electrons. The van der Waals surface area contributed by atoms with Crippen LogP contribution in [-0.2, 0) is 14.8 Å². The highest BCUT2D eigenvalue weighted by Crippen LogP contribution is 2.31. The molecule has 0 spiro atoms. The summed E-state index contributed by atoms with van der Waals surface area (Å²) < 4.78 is 37.5. The van der Waals surface area contributed by atoms with Gasteiger partial charge in [-0.2, -0.15) is 9.29 Å². The molecular formula is C22H23N3O5S. The molecule has 0 amide bonds. The minimum absolute atomic E-state index is 0.0124. The molecule has 8 nitrogen and oxygen atoms in total. The molecule has 0 unspecified atom stereocenters. The molecule has 4 rings (SSSR count). The number of nitrogens with zero attached hydrogens (tertiary/aromatic N) is 3. The van der Waals surface area contributed by atoms with Crippen LogP contribution in [0.2, 0.25) is 0 Å². The number of benzene rings is 2. The third-order valence-corrected chi connectivity index (χ3v) is 7.46. The number of sulfonamides is 1. The molecule has 1 fully saturated rings. The summed E-state index contributed by atoms with van der Waals surface area (Å²) in [4.78, 5) is 16.3. The number of piperidine rings is 1. The Morgan fingerprint density at radius 1 is 1.10 bits per heavy atom. The van der Waals surface area contributed by atoms with Gasteiger partial charge in [-0.3, -0.25) is 0 Å². The fourth-order valence-electron chi connectivity index (χ4n) is 3.71. The molecular weight excluding hydrogens is 418 g/mol. The molecule has 2 heterocycles. The number of esters is 1. The van der Waals surface area contributed by atoms with Crippen LogP contribution < -0.4 is 0 Å². The topological polar surface area (TPSA) is 103 Å². The lowest BCUT2D eigenvalue weighted by Gasteiger charge is -2.29. The summed E-state index contributed by atoms with van der Waals surface area (Å²) in [6.07, 6.45) is 1.18. The van der Waals surface area contributed by atoms with Crippen molar-refractivity contribution in [2.75, 3.05) is 20.2 Å². The normalized spacial score (nSPS) is 15.7. The molecule has 31 heavy (non-hydrogen) atoms. The van der Waals surface area contributed by atoms with Crippen LogP contribution in [0.4, 0.5) is 0 Å². The number of aryl methyl sites for hydroxylation is 1. The minimum Gasteiger partial charge on any atom is -0.465 e. The molecule has 1 aliphatic heterocycles. The standard InChI is InChI=1S/C22H23N3O5S/c1-15-5-3-4-6-19(15)20-23-21(30-24-20)16-11-13-25(14-12-16)31(27,28)18-9-7-17(8-10-18)22(26)29-2/h3-10,16H,11-14H2,1-2H3. The number of carbonyl (C=O) groups excluding carboxylic acids is 1. The van der Waals surface area contributed by atoms with E-state index in [2.05, 4.69) is 14.9 Å². The first-order chi connectivity index (χ1) is 14.9. The zero-order chi connectivity index (χ0) is 22.0. The molecule has 3 aromatic rings. The predicted molar refractivity (Wildman–Crippen MR) is 113 cm³/mol. The van der Waals surface area contributed by atoms with Crippen molar-refractivity contribution in [3.8, 4) is 11.4 Å². The molecule has 0 saturated carbocycles. The van der Waals surface area contributed by atoms with E-state index in [1.165, 1.54) is 35.7 Å². The van der Waals surface area contributed by atoms with Crippen molar-refractivity contribution in [1.82, 2.24) is 14.4 Å². The van der Waals surface area contributed by atoms with Crippen molar-refractivity contribution >= 4 is 16.0 Å².